The average molecular weight is 300 g/mol. The zero-order valence-corrected chi connectivity index (χ0v) is 11.1. The van der Waals surface area contributed by atoms with Crippen molar-refractivity contribution in [3.05, 3.63) is 45.5 Å². The summed E-state index contributed by atoms with van der Waals surface area (Å²) in [5.41, 5.74) is 1.38. The van der Waals surface area contributed by atoms with Crippen LogP contribution in [-0.2, 0) is 0 Å². The standard InChI is InChI=1S/C11H5Cl3N4/c12-7-2-1-6(5-8(7)13)11-16-15-10-4-3-9(14)17-18(10)11/h1-5H. The lowest BCUT2D eigenvalue weighted by Gasteiger charge is -2.01. The van der Waals surface area contributed by atoms with Crippen molar-refractivity contribution in [2.45, 2.75) is 0 Å². The van der Waals surface area contributed by atoms with Gasteiger partial charge in [-0.1, -0.05) is 34.8 Å². The molecule has 2 heterocycles. The lowest BCUT2D eigenvalue weighted by molar-refractivity contribution is 0.936. The largest absolute Gasteiger partial charge is 0.191 e. The van der Waals surface area contributed by atoms with Crippen LogP contribution in [0.1, 0.15) is 0 Å². The first kappa shape index (κ1) is 11.7. The Morgan fingerprint density at radius 2 is 1.72 bits per heavy atom. The van der Waals surface area contributed by atoms with Gasteiger partial charge >= 0.3 is 0 Å². The number of rotatable bonds is 1. The summed E-state index contributed by atoms with van der Waals surface area (Å²) in [6.45, 7) is 0. The molecule has 0 amide bonds. The van der Waals surface area contributed by atoms with E-state index in [9.17, 15) is 0 Å². The number of fused-ring (bicyclic) bond motifs is 1. The highest BCUT2D eigenvalue weighted by Gasteiger charge is 2.11. The molecule has 0 aliphatic rings. The first-order valence-electron chi connectivity index (χ1n) is 4.98. The van der Waals surface area contributed by atoms with E-state index in [0.29, 0.717) is 26.7 Å². The topological polar surface area (TPSA) is 43.1 Å². The van der Waals surface area contributed by atoms with E-state index in [2.05, 4.69) is 15.3 Å². The van der Waals surface area contributed by atoms with E-state index in [4.69, 9.17) is 34.8 Å². The van der Waals surface area contributed by atoms with E-state index < -0.39 is 0 Å². The molecule has 3 rings (SSSR count). The van der Waals surface area contributed by atoms with Gasteiger partial charge in [0.05, 0.1) is 10.0 Å². The second-order valence-electron chi connectivity index (χ2n) is 3.58. The molecule has 7 heteroatoms. The Hall–Kier alpha value is -1.36. The minimum Gasteiger partial charge on any atom is -0.191 e. The van der Waals surface area contributed by atoms with E-state index in [-0.39, 0.29) is 0 Å². The molecule has 4 nitrogen and oxygen atoms in total. The Kier molecular flexibility index (Phi) is 2.86. The third-order valence-corrected chi connectivity index (χ3v) is 3.35. The van der Waals surface area contributed by atoms with Crippen molar-refractivity contribution in [3.63, 3.8) is 0 Å². The Morgan fingerprint density at radius 1 is 0.889 bits per heavy atom. The molecule has 0 atom stereocenters. The number of aromatic nitrogens is 4. The van der Waals surface area contributed by atoms with Crippen LogP contribution < -0.4 is 0 Å². The van der Waals surface area contributed by atoms with Crippen molar-refractivity contribution in [1.29, 1.82) is 0 Å². The number of nitrogens with zero attached hydrogens (tertiary/aromatic N) is 4. The van der Waals surface area contributed by atoms with Crippen molar-refractivity contribution in [1.82, 2.24) is 19.8 Å². The quantitative estimate of drug-likeness (QED) is 0.687. The highest BCUT2D eigenvalue weighted by molar-refractivity contribution is 6.42. The summed E-state index contributed by atoms with van der Waals surface area (Å²) in [5, 5.41) is 13.5. The molecule has 0 bridgehead atoms. The molecular formula is C11H5Cl3N4. The third-order valence-electron chi connectivity index (χ3n) is 2.41. The number of benzene rings is 1. The molecule has 0 saturated carbocycles. The summed E-state index contributed by atoms with van der Waals surface area (Å²) in [6.07, 6.45) is 0. The Labute approximate surface area is 117 Å². The van der Waals surface area contributed by atoms with Crippen LogP contribution in [0.5, 0.6) is 0 Å². The third kappa shape index (κ3) is 1.92. The summed E-state index contributed by atoms with van der Waals surface area (Å²) in [4.78, 5) is 0. The number of halogens is 3. The smallest absolute Gasteiger partial charge is 0.185 e. The summed E-state index contributed by atoms with van der Waals surface area (Å²) >= 11 is 17.7. The predicted molar refractivity (Wildman–Crippen MR) is 71.2 cm³/mol. The predicted octanol–water partition coefficient (Wildman–Crippen LogP) is 3.75. The van der Waals surface area contributed by atoms with Gasteiger partial charge in [-0.3, -0.25) is 0 Å². The van der Waals surface area contributed by atoms with Gasteiger partial charge < -0.3 is 0 Å². The molecule has 1 aromatic carbocycles. The molecule has 0 N–H and O–H groups in total. The van der Waals surface area contributed by atoms with E-state index in [1.54, 1.807) is 34.8 Å². The van der Waals surface area contributed by atoms with Gasteiger partial charge in [-0.25, -0.2) is 0 Å². The molecule has 0 unspecified atom stereocenters. The minimum atomic E-state index is 0.364. The van der Waals surface area contributed by atoms with Gasteiger partial charge in [0.25, 0.3) is 0 Å². The molecule has 0 spiro atoms. The van der Waals surface area contributed by atoms with Crippen LogP contribution in [-0.4, -0.2) is 19.8 Å². The lowest BCUT2D eigenvalue weighted by Crippen LogP contribution is -1.94. The second-order valence-corrected chi connectivity index (χ2v) is 4.78. The molecule has 90 valence electrons. The second kappa shape index (κ2) is 4.39. The van der Waals surface area contributed by atoms with Crippen LogP contribution in [0.25, 0.3) is 17.0 Å². The fourth-order valence-corrected chi connectivity index (χ4v) is 2.02. The average Bonchev–Trinajstić information content (AvgIpc) is 2.75. The monoisotopic (exact) mass is 298 g/mol. The van der Waals surface area contributed by atoms with Crippen molar-refractivity contribution >= 4 is 40.4 Å². The maximum atomic E-state index is 5.98. The fraction of sp³-hybridized carbons (Fsp3) is 0. The van der Waals surface area contributed by atoms with Gasteiger partial charge in [-0.2, -0.15) is 9.61 Å². The fourth-order valence-electron chi connectivity index (χ4n) is 1.58. The number of hydrogen-bond acceptors (Lipinski definition) is 3. The minimum absolute atomic E-state index is 0.364. The summed E-state index contributed by atoms with van der Waals surface area (Å²) in [6, 6.07) is 8.61. The first-order chi connectivity index (χ1) is 8.65. The zero-order valence-electron chi connectivity index (χ0n) is 8.81. The summed E-state index contributed by atoms with van der Waals surface area (Å²) in [5.74, 6) is 0.561. The van der Waals surface area contributed by atoms with Gasteiger partial charge in [0, 0.05) is 5.56 Å². The highest BCUT2D eigenvalue weighted by Crippen LogP contribution is 2.27. The molecule has 0 aliphatic heterocycles. The van der Waals surface area contributed by atoms with Crippen LogP contribution in [0.15, 0.2) is 30.3 Å². The molecule has 2 aromatic heterocycles. The molecule has 0 aliphatic carbocycles. The highest BCUT2D eigenvalue weighted by atomic mass is 35.5. The van der Waals surface area contributed by atoms with E-state index >= 15 is 0 Å². The number of hydrogen-bond donors (Lipinski definition) is 0. The zero-order chi connectivity index (χ0) is 12.7. The van der Waals surface area contributed by atoms with E-state index in [1.807, 2.05) is 0 Å². The van der Waals surface area contributed by atoms with Crippen molar-refractivity contribution in [3.8, 4) is 11.4 Å². The molecule has 0 saturated heterocycles. The van der Waals surface area contributed by atoms with Gasteiger partial charge in [0.2, 0.25) is 0 Å². The van der Waals surface area contributed by atoms with Gasteiger partial charge in [-0.15, -0.1) is 10.2 Å². The lowest BCUT2D eigenvalue weighted by atomic mass is 10.2. The van der Waals surface area contributed by atoms with E-state index in [0.717, 1.165) is 5.56 Å². The van der Waals surface area contributed by atoms with Gasteiger partial charge in [-0.05, 0) is 30.3 Å². The van der Waals surface area contributed by atoms with Crippen LogP contribution in [0, 0.1) is 0 Å². The van der Waals surface area contributed by atoms with Crippen LogP contribution in [0.3, 0.4) is 0 Å². The first-order valence-corrected chi connectivity index (χ1v) is 6.12. The maximum Gasteiger partial charge on any atom is 0.185 e. The van der Waals surface area contributed by atoms with Crippen LogP contribution >= 0.6 is 34.8 Å². The van der Waals surface area contributed by atoms with Crippen LogP contribution in [0.4, 0.5) is 0 Å². The Bertz CT molecular complexity index is 738. The molecular weight excluding hydrogens is 295 g/mol. The molecule has 18 heavy (non-hydrogen) atoms. The molecule has 3 aromatic rings. The SMILES string of the molecule is Clc1ccc2nnc(-c3ccc(Cl)c(Cl)c3)n2n1. The van der Waals surface area contributed by atoms with Gasteiger partial charge in [0.1, 0.15) is 5.15 Å². The van der Waals surface area contributed by atoms with Crippen molar-refractivity contribution < 1.29 is 0 Å². The van der Waals surface area contributed by atoms with Crippen molar-refractivity contribution in [2.24, 2.45) is 0 Å². The normalized spacial score (nSPS) is 11.1. The molecule has 0 radical (unpaired) electrons. The van der Waals surface area contributed by atoms with E-state index in [1.165, 1.54) is 0 Å². The molecule has 0 fully saturated rings. The Balaban J connectivity index is 2.24. The van der Waals surface area contributed by atoms with Gasteiger partial charge in [0.15, 0.2) is 11.5 Å². The van der Waals surface area contributed by atoms with Crippen molar-refractivity contribution in [2.75, 3.05) is 0 Å². The van der Waals surface area contributed by atoms with Crippen LogP contribution in [0.2, 0.25) is 15.2 Å². The maximum absolute atomic E-state index is 5.98. The summed E-state index contributed by atoms with van der Waals surface area (Å²) in [7, 11) is 0. The Morgan fingerprint density at radius 3 is 2.50 bits per heavy atom. The summed E-state index contributed by atoms with van der Waals surface area (Å²) < 4.78 is 1.56.